The van der Waals surface area contributed by atoms with Gasteiger partial charge in [-0.2, -0.15) is 0 Å². The molecule has 1 saturated heterocycles. The highest BCUT2D eigenvalue weighted by Gasteiger charge is 2.33. The number of likely N-dealkylation sites (tertiary alicyclic amines) is 1. The van der Waals surface area contributed by atoms with E-state index in [9.17, 15) is 4.79 Å². The molecule has 1 aliphatic heterocycles. The molecule has 1 fully saturated rings. The van der Waals surface area contributed by atoms with Crippen molar-refractivity contribution in [3.63, 3.8) is 0 Å². The number of hydrogen-bond acceptors (Lipinski definition) is 3. The Kier molecular flexibility index (Phi) is 5.44. The van der Waals surface area contributed by atoms with Gasteiger partial charge < -0.3 is 5.32 Å². The number of aromatic nitrogens is 1. The second-order valence-corrected chi connectivity index (χ2v) is 6.85. The number of rotatable bonds is 5. The zero-order valence-electron chi connectivity index (χ0n) is 14.0. The Bertz CT molecular complexity index is 555. The van der Waals surface area contributed by atoms with Crippen LogP contribution in [0.15, 0.2) is 36.2 Å². The van der Waals surface area contributed by atoms with Gasteiger partial charge in [0.1, 0.15) is 0 Å². The number of carbonyl (C=O) groups excluding carboxylic acids is 1. The monoisotopic (exact) mass is 313 g/mol. The maximum atomic E-state index is 12.2. The van der Waals surface area contributed by atoms with Gasteiger partial charge in [0.2, 0.25) is 5.91 Å². The zero-order valence-corrected chi connectivity index (χ0v) is 14.0. The van der Waals surface area contributed by atoms with Crippen molar-refractivity contribution in [2.45, 2.75) is 44.6 Å². The van der Waals surface area contributed by atoms with Gasteiger partial charge in [0.25, 0.3) is 0 Å². The molecule has 2 heterocycles. The number of amides is 1. The molecular weight excluding hydrogens is 286 g/mol. The van der Waals surface area contributed by atoms with Crippen molar-refractivity contribution in [1.29, 1.82) is 0 Å². The number of allylic oxidation sites excluding steroid dienone is 1. The van der Waals surface area contributed by atoms with E-state index in [1.54, 1.807) is 0 Å². The summed E-state index contributed by atoms with van der Waals surface area (Å²) < 4.78 is 0. The first-order chi connectivity index (χ1) is 11.2. The first-order valence-corrected chi connectivity index (χ1v) is 8.79. The van der Waals surface area contributed by atoms with E-state index in [1.165, 1.54) is 24.0 Å². The van der Waals surface area contributed by atoms with Crippen molar-refractivity contribution in [1.82, 2.24) is 15.2 Å². The van der Waals surface area contributed by atoms with Crippen molar-refractivity contribution in [3.05, 3.63) is 41.7 Å². The molecule has 2 aliphatic rings. The second-order valence-electron chi connectivity index (χ2n) is 6.85. The van der Waals surface area contributed by atoms with Crippen LogP contribution in [-0.2, 0) is 4.79 Å². The summed E-state index contributed by atoms with van der Waals surface area (Å²) in [5.41, 5.74) is 2.57. The first-order valence-electron chi connectivity index (χ1n) is 8.79. The highest BCUT2D eigenvalue weighted by molar-refractivity contribution is 5.78. The lowest BCUT2D eigenvalue weighted by molar-refractivity contribution is -0.120. The third kappa shape index (κ3) is 4.20. The van der Waals surface area contributed by atoms with Crippen molar-refractivity contribution < 1.29 is 4.79 Å². The molecule has 0 spiro atoms. The predicted molar refractivity (Wildman–Crippen MR) is 91.9 cm³/mol. The molecule has 1 aliphatic carbocycles. The summed E-state index contributed by atoms with van der Waals surface area (Å²) in [6, 6.07) is 4.49. The summed E-state index contributed by atoms with van der Waals surface area (Å²) in [6.07, 6.45) is 12.5. The number of nitrogens with zero attached hydrogens (tertiary/aromatic N) is 2. The molecule has 124 valence electrons. The van der Waals surface area contributed by atoms with Crippen molar-refractivity contribution in [3.8, 4) is 0 Å². The van der Waals surface area contributed by atoms with Crippen LogP contribution in [-0.4, -0.2) is 35.9 Å². The molecule has 3 rings (SSSR count). The topological polar surface area (TPSA) is 45.2 Å². The fourth-order valence-corrected chi connectivity index (χ4v) is 3.90. The molecule has 1 N–H and O–H groups in total. The Hall–Kier alpha value is -1.68. The molecule has 1 amide bonds. The third-order valence-corrected chi connectivity index (χ3v) is 5.13. The number of pyridine rings is 1. The fourth-order valence-electron chi connectivity index (χ4n) is 3.90. The number of carbonyl (C=O) groups is 1. The van der Waals surface area contributed by atoms with E-state index < -0.39 is 0 Å². The Morgan fingerprint density at radius 3 is 3.09 bits per heavy atom. The van der Waals surface area contributed by atoms with Crippen LogP contribution in [0, 0.1) is 5.92 Å². The largest absolute Gasteiger partial charge is 0.355 e. The summed E-state index contributed by atoms with van der Waals surface area (Å²) in [4.78, 5) is 18.8. The van der Waals surface area contributed by atoms with Crippen LogP contribution in [0.2, 0.25) is 0 Å². The minimum atomic E-state index is 0.178. The molecule has 1 aromatic rings. The van der Waals surface area contributed by atoms with Crippen molar-refractivity contribution in [2.75, 3.05) is 20.1 Å². The van der Waals surface area contributed by atoms with E-state index in [0.29, 0.717) is 18.4 Å². The molecule has 2 atom stereocenters. The molecule has 1 aromatic heterocycles. The van der Waals surface area contributed by atoms with E-state index in [4.69, 9.17) is 0 Å². The lowest BCUT2D eigenvalue weighted by atomic mass is 9.94. The Balaban J connectivity index is 1.54. The summed E-state index contributed by atoms with van der Waals surface area (Å²) >= 11 is 0. The molecule has 0 bridgehead atoms. The summed E-state index contributed by atoms with van der Waals surface area (Å²) in [7, 11) is 2.16. The van der Waals surface area contributed by atoms with Crippen LogP contribution in [0.25, 0.3) is 0 Å². The molecular formula is C19H27N3O. The minimum absolute atomic E-state index is 0.178. The molecule has 0 saturated carbocycles. The van der Waals surface area contributed by atoms with Crippen LogP contribution < -0.4 is 5.32 Å². The fraction of sp³-hybridized carbons (Fsp3) is 0.579. The van der Waals surface area contributed by atoms with Gasteiger partial charge in [0.05, 0.1) is 0 Å². The number of hydrogen-bond donors (Lipinski definition) is 1. The lowest BCUT2D eigenvalue weighted by Crippen LogP contribution is -2.32. The van der Waals surface area contributed by atoms with E-state index in [0.717, 1.165) is 32.4 Å². The van der Waals surface area contributed by atoms with Crippen molar-refractivity contribution >= 4 is 5.91 Å². The minimum Gasteiger partial charge on any atom is -0.355 e. The van der Waals surface area contributed by atoms with Gasteiger partial charge in [0.15, 0.2) is 0 Å². The van der Waals surface area contributed by atoms with E-state index in [1.807, 2.05) is 18.5 Å². The maximum absolute atomic E-state index is 12.2. The van der Waals surface area contributed by atoms with E-state index in [-0.39, 0.29) is 5.91 Å². The summed E-state index contributed by atoms with van der Waals surface area (Å²) in [5, 5.41) is 3.17. The van der Waals surface area contributed by atoms with Gasteiger partial charge in [-0.15, -0.1) is 0 Å². The van der Waals surface area contributed by atoms with Crippen molar-refractivity contribution in [2.24, 2.45) is 5.92 Å². The highest BCUT2D eigenvalue weighted by Crippen LogP contribution is 2.35. The first kappa shape index (κ1) is 16.2. The average molecular weight is 313 g/mol. The van der Waals surface area contributed by atoms with E-state index in [2.05, 4.69) is 34.4 Å². The Morgan fingerprint density at radius 2 is 2.35 bits per heavy atom. The predicted octanol–water partition coefficient (Wildman–Crippen LogP) is 3.08. The van der Waals surface area contributed by atoms with Crippen LogP contribution in [0.5, 0.6) is 0 Å². The zero-order chi connectivity index (χ0) is 16.1. The molecule has 23 heavy (non-hydrogen) atoms. The Labute approximate surface area is 139 Å². The molecule has 0 radical (unpaired) electrons. The quantitative estimate of drug-likeness (QED) is 0.850. The van der Waals surface area contributed by atoms with Gasteiger partial charge in [-0.3, -0.25) is 14.7 Å². The SMILES string of the molecule is CN1CC[C@@H](CNC(=O)CC2=CCCCC2)[C@@H]1c1cccnc1. The van der Waals surface area contributed by atoms with Crippen LogP contribution in [0.3, 0.4) is 0 Å². The maximum Gasteiger partial charge on any atom is 0.224 e. The average Bonchev–Trinajstić information content (AvgIpc) is 2.95. The highest BCUT2D eigenvalue weighted by atomic mass is 16.1. The standard InChI is InChI=1S/C19H27N3O/c1-22-11-9-17(19(22)16-8-5-10-20-13-16)14-21-18(23)12-15-6-3-2-4-7-15/h5-6,8,10,13,17,19H,2-4,7,9,11-12,14H2,1H3,(H,21,23)/t17-,19-/m0/s1. The van der Waals surface area contributed by atoms with Gasteiger partial charge in [-0.1, -0.05) is 17.7 Å². The van der Waals surface area contributed by atoms with Crippen LogP contribution in [0.4, 0.5) is 0 Å². The van der Waals surface area contributed by atoms with Crippen LogP contribution >= 0.6 is 0 Å². The lowest BCUT2D eigenvalue weighted by Gasteiger charge is -2.25. The van der Waals surface area contributed by atoms with Crippen LogP contribution in [0.1, 0.15) is 50.1 Å². The van der Waals surface area contributed by atoms with Gasteiger partial charge in [0, 0.05) is 31.4 Å². The Morgan fingerprint density at radius 1 is 1.43 bits per heavy atom. The van der Waals surface area contributed by atoms with Gasteiger partial charge in [-0.05, 0) is 63.2 Å². The molecule has 0 aromatic carbocycles. The number of nitrogens with one attached hydrogen (secondary N) is 1. The molecule has 4 heteroatoms. The second kappa shape index (κ2) is 7.73. The van der Waals surface area contributed by atoms with E-state index >= 15 is 0 Å². The molecule has 0 unspecified atom stereocenters. The van der Waals surface area contributed by atoms with Gasteiger partial charge in [-0.25, -0.2) is 0 Å². The third-order valence-electron chi connectivity index (χ3n) is 5.13. The smallest absolute Gasteiger partial charge is 0.224 e. The summed E-state index contributed by atoms with van der Waals surface area (Å²) in [6.45, 7) is 1.83. The summed E-state index contributed by atoms with van der Waals surface area (Å²) in [5.74, 6) is 0.645. The molecule has 4 nitrogen and oxygen atoms in total. The normalized spacial score (nSPS) is 25.2. The van der Waals surface area contributed by atoms with Gasteiger partial charge >= 0.3 is 0 Å².